The summed E-state index contributed by atoms with van der Waals surface area (Å²) in [6.45, 7) is 0.516. The molecule has 0 aliphatic carbocycles. The second kappa shape index (κ2) is 11.0. The molecule has 8 nitrogen and oxygen atoms in total. The molecular formula is C26H21F3N4O4. The predicted molar refractivity (Wildman–Crippen MR) is 128 cm³/mol. The van der Waals surface area contributed by atoms with E-state index in [1.807, 2.05) is 30.3 Å². The Bertz CT molecular complexity index is 1360. The summed E-state index contributed by atoms with van der Waals surface area (Å²) in [6.07, 6.45) is -3.74. The van der Waals surface area contributed by atoms with Crippen molar-refractivity contribution in [1.82, 2.24) is 15.0 Å². The molecule has 37 heavy (non-hydrogen) atoms. The Hall–Kier alpha value is -4.54. The van der Waals surface area contributed by atoms with Crippen LogP contribution in [0.1, 0.15) is 27.4 Å². The molecule has 4 aromatic rings. The number of carbonyl (C=O) groups excluding carboxylic acids is 1. The third kappa shape index (κ3) is 6.57. The Morgan fingerprint density at radius 3 is 2.19 bits per heavy atom. The molecule has 4 rings (SSSR count). The summed E-state index contributed by atoms with van der Waals surface area (Å²) in [5.74, 6) is 0.0767. The Balaban J connectivity index is 1.48. The van der Waals surface area contributed by atoms with Gasteiger partial charge in [-0.15, -0.1) is 0 Å². The van der Waals surface area contributed by atoms with Crippen molar-refractivity contribution in [2.45, 2.75) is 19.0 Å². The van der Waals surface area contributed by atoms with Gasteiger partial charge in [0.15, 0.2) is 0 Å². The summed E-state index contributed by atoms with van der Waals surface area (Å²) in [5.41, 5.74) is 0.777. The minimum Gasteiger partial charge on any atom is -0.339 e. The van der Waals surface area contributed by atoms with Crippen molar-refractivity contribution in [2.75, 3.05) is 13.1 Å². The highest BCUT2D eigenvalue weighted by Crippen LogP contribution is 2.29. The molecule has 0 spiro atoms. The molecule has 3 aromatic carbocycles. The number of hydrogen-bond donors (Lipinski definition) is 0. The van der Waals surface area contributed by atoms with Crippen LogP contribution in [0.3, 0.4) is 0 Å². The van der Waals surface area contributed by atoms with Crippen molar-refractivity contribution in [3.63, 3.8) is 0 Å². The largest absolute Gasteiger partial charge is 0.416 e. The molecule has 0 radical (unpaired) electrons. The van der Waals surface area contributed by atoms with Crippen LogP contribution in [0.5, 0.6) is 0 Å². The maximum absolute atomic E-state index is 13.2. The average molecular weight is 510 g/mol. The predicted octanol–water partition coefficient (Wildman–Crippen LogP) is 5.59. The van der Waals surface area contributed by atoms with Gasteiger partial charge in [0.05, 0.1) is 10.5 Å². The van der Waals surface area contributed by atoms with Gasteiger partial charge in [0.2, 0.25) is 11.7 Å². The van der Waals surface area contributed by atoms with E-state index in [9.17, 15) is 28.1 Å². The second-order valence-electron chi connectivity index (χ2n) is 8.17. The topological polar surface area (TPSA) is 102 Å². The molecule has 0 saturated carbocycles. The maximum Gasteiger partial charge on any atom is 0.416 e. The van der Waals surface area contributed by atoms with Crippen LogP contribution in [0.25, 0.3) is 11.4 Å². The molecule has 0 aliphatic rings. The highest BCUT2D eigenvalue weighted by Gasteiger charge is 2.30. The quantitative estimate of drug-likeness (QED) is 0.215. The van der Waals surface area contributed by atoms with Crippen molar-refractivity contribution in [1.29, 1.82) is 0 Å². The van der Waals surface area contributed by atoms with Crippen LogP contribution in [-0.2, 0) is 19.0 Å². The van der Waals surface area contributed by atoms with Crippen molar-refractivity contribution >= 4 is 11.6 Å². The number of nitro groups is 1. The number of non-ortho nitro benzene ring substituents is 1. The van der Waals surface area contributed by atoms with Gasteiger partial charge in [-0.1, -0.05) is 35.5 Å². The Morgan fingerprint density at radius 2 is 1.57 bits per heavy atom. The number of halogens is 3. The van der Waals surface area contributed by atoms with Gasteiger partial charge in [0.1, 0.15) is 0 Å². The SMILES string of the molecule is O=C(c1ccc(C(F)(F)F)cc1)N(CCc1ccccc1)CCc1nc(-c2ccc([N+](=O)[O-])cc2)no1. The number of aromatic nitrogens is 2. The summed E-state index contributed by atoms with van der Waals surface area (Å²) in [7, 11) is 0. The van der Waals surface area contributed by atoms with Gasteiger partial charge in [0, 0.05) is 42.8 Å². The molecule has 0 saturated heterocycles. The molecule has 0 atom stereocenters. The maximum atomic E-state index is 13.2. The molecular weight excluding hydrogens is 489 g/mol. The zero-order chi connectivity index (χ0) is 26.4. The second-order valence-corrected chi connectivity index (χ2v) is 8.17. The van der Waals surface area contributed by atoms with E-state index in [-0.39, 0.29) is 35.9 Å². The van der Waals surface area contributed by atoms with Crippen LogP contribution in [-0.4, -0.2) is 39.0 Å². The molecule has 0 fully saturated rings. The van der Waals surface area contributed by atoms with E-state index < -0.39 is 22.6 Å². The fourth-order valence-electron chi connectivity index (χ4n) is 3.64. The number of hydrogen-bond acceptors (Lipinski definition) is 6. The highest BCUT2D eigenvalue weighted by atomic mass is 19.4. The zero-order valence-electron chi connectivity index (χ0n) is 19.4. The average Bonchev–Trinajstić information content (AvgIpc) is 3.38. The fraction of sp³-hybridized carbons (Fsp3) is 0.192. The van der Waals surface area contributed by atoms with Gasteiger partial charge in [0.25, 0.3) is 11.6 Å². The van der Waals surface area contributed by atoms with E-state index in [2.05, 4.69) is 10.1 Å². The lowest BCUT2D eigenvalue weighted by atomic mass is 10.1. The fourth-order valence-corrected chi connectivity index (χ4v) is 3.64. The standard InChI is InChI=1S/C26H21F3N4O4/c27-26(28,29)21-10-6-20(7-11-21)25(34)32(16-14-18-4-2-1-3-5-18)17-15-23-30-24(31-37-23)19-8-12-22(13-9-19)33(35)36/h1-13H,14-17H2. The summed E-state index contributed by atoms with van der Waals surface area (Å²) >= 11 is 0. The lowest BCUT2D eigenvalue weighted by Gasteiger charge is -2.22. The van der Waals surface area contributed by atoms with Crippen LogP contribution < -0.4 is 0 Å². The van der Waals surface area contributed by atoms with Crippen LogP contribution in [0.2, 0.25) is 0 Å². The summed E-state index contributed by atoms with van der Waals surface area (Å²) in [6, 6.07) is 19.3. The molecule has 1 heterocycles. The Kier molecular flexibility index (Phi) is 7.61. The first-order valence-electron chi connectivity index (χ1n) is 11.3. The number of rotatable bonds is 9. The van der Waals surface area contributed by atoms with Gasteiger partial charge < -0.3 is 9.42 Å². The van der Waals surface area contributed by atoms with Gasteiger partial charge >= 0.3 is 6.18 Å². The molecule has 0 bridgehead atoms. The summed E-state index contributed by atoms with van der Waals surface area (Å²) < 4.78 is 44.1. The van der Waals surface area contributed by atoms with Gasteiger partial charge in [-0.3, -0.25) is 14.9 Å². The van der Waals surface area contributed by atoms with Crippen LogP contribution in [0.4, 0.5) is 18.9 Å². The van der Waals surface area contributed by atoms with Crippen LogP contribution in [0, 0.1) is 10.1 Å². The molecule has 11 heteroatoms. The molecule has 190 valence electrons. The number of nitrogens with zero attached hydrogens (tertiary/aromatic N) is 4. The number of alkyl halides is 3. The normalized spacial score (nSPS) is 11.3. The van der Waals surface area contributed by atoms with Crippen LogP contribution >= 0.6 is 0 Å². The lowest BCUT2D eigenvalue weighted by molar-refractivity contribution is -0.384. The van der Waals surface area contributed by atoms with E-state index in [4.69, 9.17) is 4.52 Å². The van der Waals surface area contributed by atoms with E-state index in [1.165, 1.54) is 41.3 Å². The first-order valence-corrected chi connectivity index (χ1v) is 11.3. The number of benzene rings is 3. The third-order valence-electron chi connectivity index (χ3n) is 5.66. The van der Waals surface area contributed by atoms with Gasteiger partial charge in [-0.2, -0.15) is 18.2 Å². The monoisotopic (exact) mass is 510 g/mol. The summed E-state index contributed by atoms with van der Waals surface area (Å²) in [5, 5.41) is 14.7. The van der Waals surface area contributed by atoms with Gasteiger partial charge in [-0.25, -0.2) is 0 Å². The first-order chi connectivity index (χ1) is 17.7. The molecule has 0 N–H and O–H groups in total. The Morgan fingerprint density at radius 1 is 0.919 bits per heavy atom. The van der Waals surface area contributed by atoms with Crippen molar-refractivity contribution < 1.29 is 27.4 Å². The molecule has 0 unspecified atom stereocenters. The van der Waals surface area contributed by atoms with E-state index in [0.717, 1.165) is 17.7 Å². The minimum absolute atomic E-state index is 0.0664. The van der Waals surface area contributed by atoms with Gasteiger partial charge in [-0.05, 0) is 48.4 Å². The van der Waals surface area contributed by atoms with E-state index in [0.29, 0.717) is 18.5 Å². The molecule has 1 aromatic heterocycles. The van der Waals surface area contributed by atoms with Crippen LogP contribution in [0.15, 0.2) is 83.4 Å². The van der Waals surface area contributed by atoms with Crippen molar-refractivity contribution in [3.05, 3.63) is 112 Å². The zero-order valence-corrected chi connectivity index (χ0v) is 19.4. The van der Waals surface area contributed by atoms with Crippen molar-refractivity contribution in [3.8, 4) is 11.4 Å². The smallest absolute Gasteiger partial charge is 0.339 e. The Labute approximate surface area is 209 Å². The third-order valence-corrected chi connectivity index (χ3v) is 5.66. The molecule has 1 amide bonds. The van der Waals surface area contributed by atoms with Crippen molar-refractivity contribution in [2.24, 2.45) is 0 Å². The number of amides is 1. The van der Waals surface area contributed by atoms with E-state index in [1.54, 1.807) is 0 Å². The molecule has 0 aliphatic heterocycles. The number of nitro benzene ring substituents is 1. The lowest BCUT2D eigenvalue weighted by Crippen LogP contribution is -2.35. The van der Waals surface area contributed by atoms with E-state index >= 15 is 0 Å². The number of carbonyl (C=O) groups is 1. The minimum atomic E-state index is -4.49. The summed E-state index contributed by atoms with van der Waals surface area (Å²) in [4.78, 5) is 29.4. The highest BCUT2D eigenvalue weighted by molar-refractivity contribution is 5.94. The first kappa shape index (κ1) is 25.5.